The van der Waals surface area contributed by atoms with Gasteiger partial charge in [0.1, 0.15) is 5.82 Å². The average Bonchev–Trinajstić information content (AvgIpc) is 2.51. The second-order valence-electron chi connectivity index (χ2n) is 6.20. The number of nitrogens with zero attached hydrogens (tertiary/aromatic N) is 2. The number of hydrogen-bond acceptors (Lipinski definition) is 3. The first-order valence-corrected chi connectivity index (χ1v) is 7.77. The van der Waals surface area contributed by atoms with Gasteiger partial charge in [-0.3, -0.25) is 9.59 Å². The van der Waals surface area contributed by atoms with E-state index in [2.05, 4.69) is 0 Å². The van der Waals surface area contributed by atoms with Crippen LogP contribution < -0.4 is 0 Å². The van der Waals surface area contributed by atoms with E-state index in [9.17, 15) is 19.1 Å². The standard InChI is InChI=1S/C17H23FN2O3/c1-11-8-13(9-12(2)16(11)18)17(23)19(3)10-15(22)20-6-4-14(21)5-7-20/h8-9,14,21H,4-7,10H2,1-3H3. The molecular formula is C17H23FN2O3. The van der Waals surface area contributed by atoms with Crippen molar-refractivity contribution in [3.8, 4) is 0 Å². The van der Waals surface area contributed by atoms with Crippen molar-refractivity contribution >= 4 is 11.8 Å². The fourth-order valence-electron chi connectivity index (χ4n) is 2.78. The third-order valence-corrected chi connectivity index (χ3v) is 4.22. The number of likely N-dealkylation sites (N-methyl/N-ethyl adjacent to an activating group) is 1. The molecule has 1 aliphatic heterocycles. The average molecular weight is 322 g/mol. The van der Waals surface area contributed by atoms with E-state index in [0.717, 1.165) is 0 Å². The Morgan fingerprint density at radius 1 is 1.26 bits per heavy atom. The van der Waals surface area contributed by atoms with Crippen LogP contribution in [-0.4, -0.2) is 59.5 Å². The van der Waals surface area contributed by atoms with Crippen LogP contribution in [0.4, 0.5) is 4.39 Å². The third-order valence-electron chi connectivity index (χ3n) is 4.22. The van der Waals surface area contributed by atoms with Crippen molar-refractivity contribution in [1.29, 1.82) is 0 Å². The summed E-state index contributed by atoms with van der Waals surface area (Å²) in [5.74, 6) is -0.753. The molecule has 0 aliphatic carbocycles. The first-order chi connectivity index (χ1) is 10.8. The maximum absolute atomic E-state index is 13.7. The highest BCUT2D eigenvalue weighted by Gasteiger charge is 2.24. The van der Waals surface area contributed by atoms with Gasteiger partial charge in [0.15, 0.2) is 0 Å². The summed E-state index contributed by atoms with van der Waals surface area (Å²) < 4.78 is 13.7. The van der Waals surface area contributed by atoms with Crippen LogP contribution in [0.15, 0.2) is 12.1 Å². The number of rotatable bonds is 3. The zero-order valence-electron chi connectivity index (χ0n) is 13.8. The summed E-state index contributed by atoms with van der Waals surface area (Å²) in [7, 11) is 1.56. The van der Waals surface area contributed by atoms with Gasteiger partial charge in [0, 0.05) is 25.7 Å². The number of carbonyl (C=O) groups excluding carboxylic acids is 2. The van der Waals surface area contributed by atoms with E-state index in [4.69, 9.17) is 0 Å². The van der Waals surface area contributed by atoms with Crippen molar-refractivity contribution in [2.45, 2.75) is 32.8 Å². The predicted octanol–water partition coefficient (Wildman–Crippen LogP) is 1.50. The van der Waals surface area contributed by atoms with E-state index in [-0.39, 0.29) is 30.3 Å². The molecule has 0 unspecified atom stereocenters. The highest BCUT2D eigenvalue weighted by molar-refractivity contribution is 5.96. The summed E-state index contributed by atoms with van der Waals surface area (Å²) in [5.41, 5.74) is 1.21. The molecule has 0 bridgehead atoms. The van der Waals surface area contributed by atoms with Gasteiger partial charge in [-0.05, 0) is 49.9 Å². The van der Waals surface area contributed by atoms with E-state index in [0.29, 0.717) is 42.6 Å². The summed E-state index contributed by atoms with van der Waals surface area (Å²) in [6.07, 6.45) is 0.794. The minimum absolute atomic E-state index is 0.0234. The molecule has 1 aliphatic rings. The van der Waals surface area contributed by atoms with E-state index in [1.165, 1.54) is 17.0 Å². The van der Waals surface area contributed by atoms with Crippen molar-refractivity contribution in [3.05, 3.63) is 34.6 Å². The Bertz CT molecular complexity index is 587. The molecule has 2 amide bonds. The molecule has 0 atom stereocenters. The van der Waals surface area contributed by atoms with Crippen LogP contribution in [0.2, 0.25) is 0 Å². The number of piperidine rings is 1. The summed E-state index contributed by atoms with van der Waals surface area (Å²) in [4.78, 5) is 27.7. The molecule has 1 saturated heterocycles. The van der Waals surface area contributed by atoms with Gasteiger partial charge in [-0.1, -0.05) is 0 Å². The Morgan fingerprint density at radius 3 is 2.30 bits per heavy atom. The minimum atomic E-state index is -0.344. The summed E-state index contributed by atoms with van der Waals surface area (Å²) in [6.45, 7) is 4.23. The molecule has 0 saturated carbocycles. The van der Waals surface area contributed by atoms with Gasteiger partial charge in [0.2, 0.25) is 5.91 Å². The zero-order valence-corrected chi connectivity index (χ0v) is 13.8. The van der Waals surface area contributed by atoms with Crippen LogP contribution >= 0.6 is 0 Å². The van der Waals surface area contributed by atoms with Gasteiger partial charge < -0.3 is 14.9 Å². The number of aliphatic hydroxyl groups excluding tert-OH is 1. The molecule has 0 spiro atoms. The Morgan fingerprint density at radius 2 is 1.78 bits per heavy atom. The highest BCUT2D eigenvalue weighted by atomic mass is 19.1. The normalized spacial score (nSPS) is 15.6. The van der Waals surface area contributed by atoms with E-state index >= 15 is 0 Å². The third kappa shape index (κ3) is 4.07. The lowest BCUT2D eigenvalue weighted by Crippen LogP contribution is -2.45. The first-order valence-electron chi connectivity index (χ1n) is 7.77. The fraction of sp³-hybridized carbons (Fsp3) is 0.529. The molecule has 2 rings (SSSR count). The summed E-state index contributed by atoms with van der Waals surface area (Å²) >= 11 is 0. The van der Waals surface area contributed by atoms with Crippen molar-refractivity contribution < 1.29 is 19.1 Å². The smallest absolute Gasteiger partial charge is 0.254 e. The quantitative estimate of drug-likeness (QED) is 0.917. The number of carbonyl (C=O) groups is 2. The van der Waals surface area contributed by atoms with Gasteiger partial charge in [-0.25, -0.2) is 4.39 Å². The van der Waals surface area contributed by atoms with Crippen molar-refractivity contribution in [3.63, 3.8) is 0 Å². The topological polar surface area (TPSA) is 60.9 Å². The van der Waals surface area contributed by atoms with Crippen LogP contribution in [0, 0.1) is 19.7 Å². The van der Waals surface area contributed by atoms with Crippen molar-refractivity contribution in [1.82, 2.24) is 9.80 Å². The van der Waals surface area contributed by atoms with Crippen LogP contribution in [-0.2, 0) is 4.79 Å². The zero-order chi connectivity index (χ0) is 17.1. The van der Waals surface area contributed by atoms with Crippen LogP contribution in [0.1, 0.15) is 34.3 Å². The second-order valence-corrected chi connectivity index (χ2v) is 6.20. The molecule has 1 aromatic rings. The lowest BCUT2D eigenvalue weighted by Gasteiger charge is -2.31. The lowest BCUT2D eigenvalue weighted by molar-refractivity contribution is -0.133. The van der Waals surface area contributed by atoms with E-state index in [1.807, 2.05) is 0 Å². The first kappa shape index (κ1) is 17.4. The summed E-state index contributed by atoms with van der Waals surface area (Å²) in [6, 6.07) is 3.01. The lowest BCUT2D eigenvalue weighted by atomic mass is 10.1. The Balaban J connectivity index is 2.01. The molecule has 5 nitrogen and oxygen atoms in total. The Hall–Kier alpha value is -1.95. The molecular weight excluding hydrogens is 299 g/mol. The molecule has 1 heterocycles. The summed E-state index contributed by atoms with van der Waals surface area (Å²) in [5, 5.41) is 9.47. The maximum Gasteiger partial charge on any atom is 0.254 e. The van der Waals surface area contributed by atoms with E-state index in [1.54, 1.807) is 25.8 Å². The van der Waals surface area contributed by atoms with Crippen molar-refractivity contribution in [2.75, 3.05) is 26.7 Å². The number of aryl methyl sites for hydroxylation is 2. The molecule has 6 heteroatoms. The largest absolute Gasteiger partial charge is 0.393 e. The molecule has 0 aromatic heterocycles. The van der Waals surface area contributed by atoms with Gasteiger partial charge in [-0.15, -0.1) is 0 Å². The van der Waals surface area contributed by atoms with Gasteiger partial charge >= 0.3 is 0 Å². The molecule has 1 N–H and O–H groups in total. The Labute approximate surface area is 135 Å². The SMILES string of the molecule is Cc1cc(C(=O)N(C)CC(=O)N2CCC(O)CC2)cc(C)c1F. The van der Waals surface area contributed by atoms with Crippen LogP contribution in [0.25, 0.3) is 0 Å². The molecule has 1 aromatic carbocycles. The fourth-order valence-corrected chi connectivity index (χ4v) is 2.78. The number of likely N-dealkylation sites (tertiary alicyclic amines) is 1. The second kappa shape index (κ2) is 7.08. The molecule has 0 radical (unpaired) electrons. The van der Waals surface area contributed by atoms with Gasteiger partial charge in [0.05, 0.1) is 12.6 Å². The number of amides is 2. The molecule has 23 heavy (non-hydrogen) atoms. The van der Waals surface area contributed by atoms with Crippen LogP contribution in [0.3, 0.4) is 0 Å². The molecule has 126 valence electrons. The highest BCUT2D eigenvalue weighted by Crippen LogP contribution is 2.16. The molecule has 1 fully saturated rings. The van der Waals surface area contributed by atoms with E-state index < -0.39 is 0 Å². The van der Waals surface area contributed by atoms with Gasteiger partial charge in [0.25, 0.3) is 5.91 Å². The van der Waals surface area contributed by atoms with Crippen LogP contribution in [0.5, 0.6) is 0 Å². The number of aliphatic hydroxyl groups is 1. The van der Waals surface area contributed by atoms with Gasteiger partial charge in [-0.2, -0.15) is 0 Å². The predicted molar refractivity (Wildman–Crippen MR) is 84.7 cm³/mol. The minimum Gasteiger partial charge on any atom is -0.393 e. The number of halogens is 1. The number of hydrogen-bond donors (Lipinski definition) is 1. The number of benzene rings is 1. The Kier molecular flexibility index (Phi) is 5.36. The monoisotopic (exact) mass is 322 g/mol. The maximum atomic E-state index is 13.7. The van der Waals surface area contributed by atoms with Crippen molar-refractivity contribution in [2.24, 2.45) is 0 Å².